The molecule has 0 fully saturated rings. The summed E-state index contributed by atoms with van der Waals surface area (Å²) < 4.78 is 52.8. The number of nitrogen functional groups attached to an aromatic ring is 2. The van der Waals surface area contributed by atoms with Crippen LogP contribution in [0.15, 0.2) is 120 Å². The molecule has 2 amide bonds. The molecule has 8 rings (SSSR count). The van der Waals surface area contributed by atoms with Crippen LogP contribution in [0.3, 0.4) is 0 Å². The maximum Gasteiger partial charge on any atom is 0.302 e. The largest absolute Gasteiger partial charge is 0.396 e. The van der Waals surface area contributed by atoms with E-state index in [4.69, 9.17) is 16.6 Å². The molecule has 59 heavy (non-hydrogen) atoms. The highest BCUT2D eigenvalue weighted by Gasteiger charge is 2.23. The van der Waals surface area contributed by atoms with Crippen molar-refractivity contribution in [2.45, 2.75) is 13.2 Å². The molecule has 19 heteroatoms. The Kier molecular flexibility index (Phi) is 14.0. The maximum atomic E-state index is 13.5. The van der Waals surface area contributed by atoms with Gasteiger partial charge in [-0.15, -0.1) is 0 Å². The van der Waals surface area contributed by atoms with Gasteiger partial charge in [0.1, 0.15) is 23.3 Å². The molecule has 4 aromatic carbocycles. The quantitative estimate of drug-likeness (QED) is 0.117. The van der Waals surface area contributed by atoms with E-state index in [9.17, 15) is 27.2 Å². The number of nitrogens with zero attached hydrogens (tertiary/aromatic N) is 7. The molecular formula is C40H32F4N10O3S2. The molecule has 4 heterocycles. The third-order valence-electron chi connectivity index (χ3n) is 8.03. The van der Waals surface area contributed by atoms with Crippen molar-refractivity contribution in [1.82, 2.24) is 30.4 Å². The van der Waals surface area contributed by atoms with Crippen molar-refractivity contribution in [1.29, 1.82) is 0 Å². The first-order valence-corrected chi connectivity index (χ1v) is 19.3. The van der Waals surface area contributed by atoms with Gasteiger partial charge in [-0.3, -0.25) is 9.59 Å². The topological polar surface area (TPSA) is 198 Å². The molecule has 0 atom stereocenters. The van der Waals surface area contributed by atoms with Crippen molar-refractivity contribution in [2.24, 2.45) is 10.2 Å². The van der Waals surface area contributed by atoms with Gasteiger partial charge in [-0.2, -0.15) is 10.2 Å². The number of halogens is 4. The number of aliphatic hydroxyl groups excluding tert-OH is 1. The minimum absolute atomic E-state index is 0.0167. The summed E-state index contributed by atoms with van der Waals surface area (Å²) in [6.07, 6.45) is 6.17. The minimum Gasteiger partial charge on any atom is -0.396 e. The third-order valence-corrected chi connectivity index (χ3v) is 9.67. The first-order valence-electron chi connectivity index (χ1n) is 17.3. The summed E-state index contributed by atoms with van der Waals surface area (Å²) in [7, 11) is 0. The Morgan fingerprint density at radius 3 is 1.59 bits per heavy atom. The summed E-state index contributed by atoms with van der Waals surface area (Å²) in [5.74, 6) is -1.00. The third kappa shape index (κ3) is 11.9. The Labute approximate surface area is 342 Å². The van der Waals surface area contributed by atoms with E-state index in [1.165, 1.54) is 41.7 Å². The molecule has 2 aliphatic rings. The van der Waals surface area contributed by atoms with Crippen molar-refractivity contribution >= 4 is 56.8 Å². The predicted octanol–water partition coefficient (Wildman–Crippen LogP) is 7.42. The van der Waals surface area contributed by atoms with Crippen LogP contribution in [0.2, 0.25) is 0 Å². The molecule has 0 saturated carbocycles. The number of benzene rings is 4. The van der Waals surface area contributed by atoms with Crippen molar-refractivity contribution in [3.8, 4) is 22.8 Å². The number of nitrogens with two attached hydrogens (primary N) is 2. The zero-order chi connectivity index (χ0) is 41.9. The summed E-state index contributed by atoms with van der Waals surface area (Å²) >= 11 is 2.04. The molecule has 2 aliphatic heterocycles. The molecule has 6 N–H and O–H groups in total. The van der Waals surface area contributed by atoms with Crippen molar-refractivity contribution < 1.29 is 32.3 Å². The van der Waals surface area contributed by atoms with E-state index in [2.05, 4.69) is 35.6 Å². The number of thioether (sulfide) groups is 2. The van der Waals surface area contributed by atoms with Crippen LogP contribution in [0.5, 0.6) is 0 Å². The zero-order valence-corrected chi connectivity index (χ0v) is 32.2. The lowest BCUT2D eigenvalue weighted by atomic mass is 10.1. The summed E-state index contributed by atoms with van der Waals surface area (Å²) in [4.78, 5) is 39.7. The van der Waals surface area contributed by atoms with E-state index >= 15 is 0 Å². The summed E-state index contributed by atoms with van der Waals surface area (Å²) in [5.41, 5.74) is 19.2. The maximum absolute atomic E-state index is 13.5. The first kappa shape index (κ1) is 41.9. The second-order valence-corrected chi connectivity index (χ2v) is 14.3. The van der Waals surface area contributed by atoms with Crippen LogP contribution in [0.25, 0.3) is 22.8 Å². The van der Waals surface area contributed by atoms with Gasteiger partial charge in [0.2, 0.25) is 0 Å². The van der Waals surface area contributed by atoms with Gasteiger partial charge in [-0.25, -0.2) is 47.9 Å². The standard InChI is InChI=1S/C20H15F2N5OS.C11H11N3O.C9H6F2N2OS/c21-15-5-14(6-16(22)7-15)18-11-29-20(28)27(26-18)10-12-2-1-3-13(4-12)19-24-8-17(23)9-25-19;12-10-5-13-11(14-6-10)9-3-1-2-8(4-9)7-15;10-6-1-5(2-7(11)3-6)8-4-15-9(14)13-12-8/h1-9H,10-11,23H2;1-6,15H,7,12H2;1-3H,4H2,(H,13,14). The normalized spacial score (nSPS) is 13.5. The number of hydrogen-bond donors (Lipinski definition) is 4. The first-order chi connectivity index (χ1) is 28.4. The van der Waals surface area contributed by atoms with Crippen LogP contribution < -0.4 is 16.9 Å². The number of aliphatic hydroxyl groups is 1. The molecule has 0 saturated heterocycles. The van der Waals surface area contributed by atoms with Crippen molar-refractivity contribution in [3.05, 3.63) is 155 Å². The van der Waals surface area contributed by atoms with Crippen LogP contribution in [0.4, 0.5) is 38.5 Å². The lowest BCUT2D eigenvalue weighted by molar-refractivity contribution is 0.222. The number of amides is 2. The number of carbonyl (C=O) groups excluding carboxylic acids is 2. The molecule has 0 spiro atoms. The number of hydrogen-bond acceptors (Lipinski definition) is 13. The minimum atomic E-state index is -0.688. The monoisotopic (exact) mass is 840 g/mol. The van der Waals surface area contributed by atoms with Crippen molar-refractivity contribution in [3.63, 3.8) is 0 Å². The highest BCUT2D eigenvalue weighted by atomic mass is 32.2. The fourth-order valence-electron chi connectivity index (χ4n) is 5.33. The summed E-state index contributed by atoms with van der Waals surface area (Å²) in [5, 5.41) is 17.8. The molecule has 0 unspecified atom stereocenters. The number of hydrazone groups is 2. The highest BCUT2D eigenvalue weighted by Crippen LogP contribution is 2.25. The second kappa shape index (κ2) is 19.6. The van der Waals surface area contributed by atoms with E-state index in [0.29, 0.717) is 51.3 Å². The van der Waals surface area contributed by atoms with E-state index in [1.54, 1.807) is 12.4 Å². The predicted molar refractivity (Wildman–Crippen MR) is 220 cm³/mol. The molecule has 13 nitrogen and oxygen atoms in total. The lowest BCUT2D eigenvalue weighted by Crippen LogP contribution is -2.29. The lowest BCUT2D eigenvalue weighted by Gasteiger charge is -2.23. The highest BCUT2D eigenvalue weighted by molar-refractivity contribution is 8.14. The SMILES string of the molecule is Nc1cnc(-c2cccc(CN3N=C(c4cc(F)cc(F)c4)CSC3=O)c2)nc1.Nc1cnc(-c2cccc(CO)c2)nc1.O=C1NN=C(c2cc(F)cc(F)c2)CS1. The average molecular weight is 841 g/mol. The van der Waals surface area contributed by atoms with Crippen LogP contribution in [-0.2, 0) is 13.2 Å². The number of carbonyl (C=O) groups is 2. The van der Waals surface area contributed by atoms with Gasteiger partial charge in [0.05, 0.1) is 60.7 Å². The Morgan fingerprint density at radius 2 is 1.10 bits per heavy atom. The molecule has 0 radical (unpaired) electrons. The number of aromatic nitrogens is 4. The number of nitrogens with one attached hydrogen (secondary N) is 1. The van der Waals surface area contributed by atoms with E-state index in [1.807, 2.05) is 48.5 Å². The van der Waals surface area contributed by atoms with Gasteiger partial charge in [-0.05, 0) is 47.5 Å². The van der Waals surface area contributed by atoms with Gasteiger partial charge in [0, 0.05) is 45.9 Å². The molecule has 0 bridgehead atoms. The molecular weight excluding hydrogens is 809 g/mol. The molecule has 6 aromatic rings. The van der Waals surface area contributed by atoms with Crippen molar-refractivity contribution in [2.75, 3.05) is 23.0 Å². The number of anilines is 2. The molecule has 300 valence electrons. The molecule has 2 aromatic heterocycles. The van der Waals surface area contributed by atoms with E-state index < -0.39 is 23.3 Å². The van der Waals surface area contributed by atoms with Gasteiger partial charge in [-0.1, -0.05) is 59.9 Å². The summed E-state index contributed by atoms with van der Waals surface area (Å²) in [6, 6.07) is 21.2. The van der Waals surface area contributed by atoms with Gasteiger partial charge in [0.25, 0.3) is 5.24 Å². The van der Waals surface area contributed by atoms with E-state index in [0.717, 1.165) is 57.9 Å². The van der Waals surface area contributed by atoms with E-state index in [-0.39, 0.29) is 29.4 Å². The summed E-state index contributed by atoms with van der Waals surface area (Å²) in [6.45, 7) is 0.221. The Bertz CT molecular complexity index is 2490. The molecule has 0 aliphatic carbocycles. The number of rotatable bonds is 7. The van der Waals surface area contributed by atoms with Crippen LogP contribution in [-0.4, -0.2) is 63.5 Å². The average Bonchev–Trinajstić information content (AvgIpc) is 3.22. The Hall–Kier alpha value is -6.70. The fourth-order valence-corrected chi connectivity index (χ4v) is 6.67. The van der Waals surface area contributed by atoms with Crippen LogP contribution in [0, 0.1) is 23.3 Å². The zero-order valence-electron chi connectivity index (χ0n) is 30.6. The Balaban J connectivity index is 0.000000164. The van der Waals surface area contributed by atoms with Crippen LogP contribution >= 0.6 is 23.5 Å². The van der Waals surface area contributed by atoms with Gasteiger partial charge in [0.15, 0.2) is 11.6 Å². The Morgan fingerprint density at radius 1 is 0.627 bits per heavy atom. The smallest absolute Gasteiger partial charge is 0.302 e. The van der Waals surface area contributed by atoms with Gasteiger partial charge >= 0.3 is 5.24 Å². The second-order valence-electron chi connectivity index (χ2n) is 12.5. The fraction of sp³-hybridized carbons (Fsp3) is 0.100. The van der Waals surface area contributed by atoms with Crippen LogP contribution in [0.1, 0.15) is 22.3 Å². The van der Waals surface area contributed by atoms with Gasteiger partial charge < -0.3 is 16.6 Å².